The normalized spacial score (nSPS) is 18.6. The van der Waals surface area contributed by atoms with Crippen molar-refractivity contribution in [2.75, 3.05) is 18.8 Å². The Labute approximate surface area is 117 Å². The molecule has 2 rings (SSSR count). The summed E-state index contributed by atoms with van der Waals surface area (Å²) >= 11 is 0. The number of anilines is 1. The molecule has 108 valence electrons. The van der Waals surface area contributed by atoms with E-state index >= 15 is 0 Å². The van der Waals surface area contributed by atoms with Crippen molar-refractivity contribution >= 4 is 17.6 Å². The van der Waals surface area contributed by atoms with Gasteiger partial charge in [-0.2, -0.15) is 0 Å². The highest BCUT2D eigenvalue weighted by molar-refractivity contribution is 5.95. The monoisotopic (exact) mass is 277 g/mol. The Bertz CT molecular complexity index is 555. The first-order valence-electron chi connectivity index (χ1n) is 6.48. The minimum Gasteiger partial charge on any atom is -0.478 e. The number of carboxylic acids is 1. The lowest BCUT2D eigenvalue weighted by molar-refractivity contribution is -0.135. The van der Waals surface area contributed by atoms with Gasteiger partial charge in [-0.25, -0.2) is 4.79 Å². The van der Waals surface area contributed by atoms with Crippen LogP contribution < -0.4 is 11.1 Å². The fourth-order valence-corrected chi connectivity index (χ4v) is 2.44. The first kappa shape index (κ1) is 14.3. The summed E-state index contributed by atoms with van der Waals surface area (Å²) in [6.45, 7) is 5.27. The summed E-state index contributed by atoms with van der Waals surface area (Å²) in [4.78, 5) is 25.2. The van der Waals surface area contributed by atoms with E-state index in [9.17, 15) is 14.7 Å². The van der Waals surface area contributed by atoms with Crippen LogP contribution >= 0.6 is 0 Å². The maximum absolute atomic E-state index is 11.9. The Morgan fingerprint density at radius 3 is 2.85 bits per heavy atom. The molecule has 1 aliphatic heterocycles. The highest BCUT2D eigenvalue weighted by atomic mass is 16.4. The van der Waals surface area contributed by atoms with Crippen molar-refractivity contribution in [3.05, 3.63) is 29.3 Å². The van der Waals surface area contributed by atoms with Crippen molar-refractivity contribution in [3.8, 4) is 0 Å². The number of carbonyl (C=O) groups is 2. The maximum atomic E-state index is 11.9. The second-order valence-electron chi connectivity index (χ2n) is 5.42. The van der Waals surface area contributed by atoms with Crippen molar-refractivity contribution in [1.29, 1.82) is 0 Å². The highest BCUT2D eigenvalue weighted by Gasteiger charge is 2.37. The highest BCUT2D eigenvalue weighted by Crippen LogP contribution is 2.24. The van der Waals surface area contributed by atoms with E-state index in [0.29, 0.717) is 25.2 Å². The molecule has 6 nitrogen and oxygen atoms in total. The minimum absolute atomic E-state index is 0.0514. The zero-order chi connectivity index (χ0) is 14.9. The van der Waals surface area contributed by atoms with Gasteiger partial charge in [0.2, 0.25) is 5.91 Å². The van der Waals surface area contributed by atoms with Gasteiger partial charge in [0.25, 0.3) is 0 Å². The van der Waals surface area contributed by atoms with Crippen molar-refractivity contribution in [1.82, 2.24) is 10.2 Å². The van der Waals surface area contributed by atoms with Crippen LogP contribution in [-0.2, 0) is 11.3 Å². The van der Waals surface area contributed by atoms with Gasteiger partial charge >= 0.3 is 5.97 Å². The fraction of sp³-hybridized carbons (Fsp3) is 0.429. The fourth-order valence-electron chi connectivity index (χ4n) is 2.44. The number of nitrogens with two attached hydrogens (primary N) is 1. The van der Waals surface area contributed by atoms with E-state index in [2.05, 4.69) is 5.32 Å². The smallest absolute Gasteiger partial charge is 0.338 e. The van der Waals surface area contributed by atoms with Gasteiger partial charge in [0.1, 0.15) is 0 Å². The van der Waals surface area contributed by atoms with Crippen LogP contribution in [0.3, 0.4) is 0 Å². The standard InChI is InChI=1S/C14H19N3O3/c1-14(2)13(20)16-6-7-17(14)8-9-4-3-5-10(15)11(9)12(18)19/h3-5H,6-8,15H2,1-2H3,(H,16,20)(H,18,19). The van der Waals surface area contributed by atoms with Crippen molar-refractivity contribution in [2.24, 2.45) is 0 Å². The van der Waals surface area contributed by atoms with Gasteiger partial charge in [-0.15, -0.1) is 0 Å². The Morgan fingerprint density at radius 1 is 1.50 bits per heavy atom. The van der Waals surface area contributed by atoms with Crippen LogP contribution in [-0.4, -0.2) is 40.5 Å². The number of nitrogens with one attached hydrogen (secondary N) is 1. The lowest BCUT2D eigenvalue weighted by Crippen LogP contribution is -2.61. The average Bonchev–Trinajstić information content (AvgIpc) is 2.35. The van der Waals surface area contributed by atoms with E-state index < -0.39 is 11.5 Å². The summed E-state index contributed by atoms with van der Waals surface area (Å²) in [5, 5.41) is 12.1. The van der Waals surface area contributed by atoms with E-state index in [1.807, 2.05) is 18.7 Å². The van der Waals surface area contributed by atoms with Gasteiger partial charge in [0.15, 0.2) is 0 Å². The first-order chi connectivity index (χ1) is 9.34. The Balaban J connectivity index is 2.33. The largest absolute Gasteiger partial charge is 0.478 e. The number of carbonyl (C=O) groups excluding carboxylic acids is 1. The number of benzene rings is 1. The molecule has 0 spiro atoms. The number of amides is 1. The second-order valence-corrected chi connectivity index (χ2v) is 5.42. The number of hydrogen-bond acceptors (Lipinski definition) is 4. The van der Waals surface area contributed by atoms with E-state index in [1.54, 1.807) is 18.2 Å². The number of nitrogen functional groups attached to an aromatic ring is 1. The molecular formula is C14H19N3O3. The number of carboxylic acid groups (broad SMARTS) is 1. The van der Waals surface area contributed by atoms with Gasteiger partial charge < -0.3 is 16.2 Å². The average molecular weight is 277 g/mol. The summed E-state index contributed by atoms with van der Waals surface area (Å²) in [5.74, 6) is -1.10. The molecule has 1 saturated heterocycles. The van der Waals surface area contributed by atoms with Crippen LogP contribution in [0, 0.1) is 0 Å². The number of rotatable bonds is 3. The summed E-state index contributed by atoms with van der Waals surface area (Å²) in [6, 6.07) is 5.04. The van der Waals surface area contributed by atoms with Gasteiger partial charge in [0.05, 0.1) is 11.1 Å². The van der Waals surface area contributed by atoms with Crippen molar-refractivity contribution in [3.63, 3.8) is 0 Å². The van der Waals surface area contributed by atoms with Gasteiger partial charge in [-0.05, 0) is 25.5 Å². The van der Waals surface area contributed by atoms with Gasteiger partial charge in [-0.1, -0.05) is 12.1 Å². The molecule has 0 unspecified atom stereocenters. The van der Waals surface area contributed by atoms with Crippen LogP contribution in [0.5, 0.6) is 0 Å². The summed E-state index contributed by atoms with van der Waals surface area (Å²) in [6.07, 6.45) is 0. The number of piperazine rings is 1. The molecule has 0 aliphatic carbocycles. The van der Waals surface area contributed by atoms with Crippen LogP contribution in [0.1, 0.15) is 29.8 Å². The maximum Gasteiger partial charge on any atom is 0.338 e. The van der Waals surface area contributed by atoms with Crippen molar-refractivity contribution in [2.45, 2.75) is 25.9 Å². The lowest BCUT2D eigenvalue weighted by atomic mass is 9.96. The summed E-state index contributed by atoms with van der Waals surface area (Å²) in [7, 11) is 0. The molecule has 6 heteroatoms. The Morgan fingerprint density at radius 2 is 2.20 bits per heavy atom. The molecular weight excluding hydrogens is 258 g/mol. The number of aromatic carboxylic acids is 1. The van der Waals surface area contributed by atoms with Crippen LogP contribution in [0.15, 0.2) is 18.2 Å². The molecule has 1 aromatic rings. The van der Waals surface area contributed by atoms with E-state index in [-0.39, 0.29) is 17.2 Å². The first-order valence-corrected chi connectivity index (χ1v) is 6.48. The third-order valence-corrected chi connectivity index (χ3v) is 3.77. The van der Waals surface area contributed by atoms with Crippen LogP contribution in [0.25, 0.3) is 0 Å². The van der Waals surface area contributed by atoms with Gasteiger partial charge in [0, 0.05) is 25.3 Å². The Hall–Kier alpha value is -2.08. The van der Waals surface area contributed by atoms with E-state index in [1.165, 1.54) is 0 Å². The number of hydrogen-bond donors (Lipinski definition) is 3. The third kappa shape index (κ3) is 2.46. The summed E-state index contributed by atoms with van der Waals surface area (Å²) < 4.78 is 0. The predicted octanol–water partition coefficient (Wildman–Crippen LogP) is 0.677. The molecule has 1 fully saturated rings. The molecule has 1 heterocycles. The zero-order valence-corrected chi connectivity index (χ0v) is 11.6. The molecule has 0 radical (unpaired) electrons. The SMILES string of the molecule is CC1(C)C(=O)NCCN1Cc1cccc(N)c1C(=O)O. The van der Waals surface area contributed by atoms with Crippen molar-refractivity contribution < 1.29 is 14.7 Å². The molecule has 1 amide bonds. The zero-order valence-electron chi connectivity index (χ0n) is 11.6. The number of nitrogens with zero attached hydrogens (tertiary/aromatic N) is 1. The molecule has 20 heavy (non-hydrogen) atoms. The van der Waals surface area contributed by atoms with E-state index in [4.69, 9.17) is 5.73 Å². The predicted molar refractivity (Wildman–Crippen MR) is 75.3 cm³/mol. The molecule has 4 N–H and O–H groups in total. The summed E-state index contributed by atoms with van der Waals surface area (Å²) in [5.41, 5.74) is 6.07. The quantitative estimate of drug-likeness (QED) is 0.706. The van der Waals surface area contributed by atoms with Crippen LogP contribution in [0.2, 0.25) is 0 Å². The topological polar surface area (TPSA) is 95.7 Å². The molecule has 0 saturated carbocycles. The Kier molecular flexibility index (Phi) is 3.67. The minimum atomic E-state index is -1.04. The van der Waals surface area contributed by atoms with Gasteiger partial charge in [-0.3, -0.25) is 9.69 Å². The lowest BCUT2D eigenvalue weighted by Gasteiger charge is -2.41. The second kappa shape index (κ2) is 5.13. The van der Waals surface area contributed by atoms with E-state index in [0.717, 1.165) is 0 Å². The third-order valence-electron chi connectivity index (χ3n) is 3.77. The molecule has 0 aromatic heterocycles. The molecule has 0 atom stereocenters. The van der Waals surface area contributed by atoms with Crippen LogP contribution in [0.4, 0.5) is 5.69 Å². The molecule has 1 aliphatic rings. The molecule has 1 aromatic carbocycles. The molecule has 0 bridgehead atoms.